The summed E-state index contributed by atoms with van der Waals surface area (Å²) in [6, 6.07) is 5.35. The minimum Gasteiger partial charge on any atom is -0.507 e. The van der Waals surface area contributed by atoms with E-state index in [1.807, 2.05) is 24.0 Å². The lowest BCUT2D eigenvalue weighted by atomic mass is 10.0. The predicted molar refractivity (Wildman–Crippen MR) is 71.8 cm³/mol. The molecule has 1 fully saturated rings. The van der Waals surface area contributed by atoms with Crippen LogP contribution >= 0.6 is 0 Å². The normalized spacial score (nSPS) is 20.6. The van der Waals surface area contributed by atoms with Gasteiger partial charge >= 0.3 is 0 Å². The summed E-state index contributed by atoms with van der Waals surface area (Å²) >= 11 is 0. The number of benzene rings is 1. The van der Waals surface area contributed by atoms with Gasteiger partial charge in [0, 0.05) is 13.1 Å². The molecule has 3 heteroatoms. The molecule has 1 amide bonds. The third kappa shape index (κ3) is 2.66. The van der Waals surface area contributed by atoms with Crippen LogP contribution in [0.4, 0.5) is 0 Å². The van der Waals surface area contributed by atoms with Crippen molar-refractivity contribution in [2.75, 3.05) is 13.1 Å². The zero-order chi connectivity index (χ0) is 13.1. The number of rotatable bonds is 1. The molecule has 1 atom stereocenters. The third-order valence-corrected chi connectivity index (χ3v) is 3.77. The van der Waals surface area contributed by atoms with E-state index in [0.29, 0.717) is 11.5 Å². The Morgan fingerprint density at radius 2 is 2.11 bits per heavy atom. The Labute approximate surface area is 108 Å². The molecule has 0 aromatic heterocycles. The number of hydrogen-bond donors (Lipinski definition) is 1. The molecule has 98 valence electrons. The zero-order valence-electron chi connectivity index (χ0n) is 11.1. The number of aryl methyl sites for hydroxylation is 1. The van der Waals surface area contributed by atoms with Crippen LogP contribution in [0.15, 0.2) is 18.2 Å². The van der Waals surface area contributed by atoms with Gasteiger partial charge < -0.3 is 10.0 Å². The van der Waals surface area contributed by atoms with E-state index in [9.17, 15) is 9.90 Å². The van der Waals surface area contributed by atoms with E-state index in [0.717, 1.165) is 31.5 Å². The highest BCUT2D eigenvalue weighted by Crippen LogP contribution is 2.25. The van der Waals surface area contributed by atoms with Gasteiger partial charge in [-0.25, -0.2) is 0 Å². The number of hydrogen-bond acceptors (Lipinski definition) is 2. The summed E-state index contributed by atoms with van der Waals surface area (Å²) in [5.74, 6) is 0.777. The Hall–Kier alpha value is -1.51. The maximum atomic E-state index is 12.4. The minimum atomic E-state index is -0.0368. The zero-order valence-corrected chi connectivity index (χ0v) is 11.1. The molecule has 0 spiro atoms. The number of likely N-dealkylation sites (tertiary alicyclic amines) is 1. The second kappa shape index (κ2) is 5.42. The number of aromatic hydroxyl groups is 1. The molecule has 2 rings (SSSR count). The van der Waals surface area contributed by atoms with E-state index >= 15 is 0 Å². The second-order valence-corrected chi connectivity index (χ2v) is 5.30. The minimum absolute atomic E-state index is 0.0368. The standard InChI is InChI=1S/C15H21NO2/c1-11-5-4-9-16(10-8-11)15(18)13-7-3-6-12(2)14(13)17/h3,6-7,11,17H,4-5,8-10H2,1-2H3. The Kier molecular flexibility index (Phi) is 3.90. The van der Waals surface area contributed by atoms with Gasteiger partial charge in [0.1, 0.15) is 5.75 Å². The van der Waals surface area contributed by atoms with Crippen LogP contribution < -0.4 is 0 Å². The first kappa shape index (κ1) is 12.9. The average Bonchev–Trinajstić information content (AvgIpc) is 2.57. The smallest absolute Gasteiger partial charge is 0.257 e. The van der Waals surface area contributed by atoms with E-state index in [1.165, 1.54) is 6.42 Å². The van der Waals surface area contributed by atoms with Gasteiger partial charge in [-0.05, 0) is 43.7 Å². The molecule has 1 aromatic carbocycles. The molecule has 0 saturated carbocycles. The molecule has 1 heterocycles. The predicted octanol–water partition coefficient (Wildman–Crippen LogP) is 2.96. The van der Waals surface area contributed by atoms with Gasteiger partial charge in [0.2, 0.25) is 0 Å². The fraction of sp³-hybridized carbons (Fsp3) is 0.533. The summed E-state index contributed by atoms with van der Waals surface area (Å²) in [5, 5.41) is 9.97. The van der Waals surface area contributed by atoms with Crippen molar-refractivity contribution in [2.24, 2.45) is 5.92 Å². The molecule has 0 radical (unpaired) electrons. The van der Waals surface area contributed by atoms with Crippen molar-refractivity contribution in [3.05, 3.63) is 29.3 Å². The van der Waals surface area contributed by atoms with E-state index in [-0.39, 0.29) is 11.7 Å². The first-order valence-electron chi connectivity index (χ1n) is 6.67. The molecule has 3 nitrogen and oxygen atoms in total. The lowest BCUT2D eigenvalue weighted by Gasteiger charge is -2.21. The van der Waals surface area contributed by atoms with Gasteiger partial charge in [0.25, 0.3) is 5.91 Å². The Bertz CT molecular complexity index is 442. The van der Waals surface area contributed by atoms with E-state index in [2.05, 4.69) is 6.92 Å². The number of amides is 1. The number of carbonyl (C=O) groups excluding carboxylic acids is 1. The van der Waals surface area contributed by atoms with Gasteiger partial charge in [0.05, 0.1) is 5.56 Å². The van der Waals surface area contributed by atoms with Crippen LogP contribution in [0.5, 0.6) is 5.75 Å². The summed E-state index contributed by atoms with van der Waals surface area (Å²) in [6.45, 7) is 5.65. The molecule has 18 heavy (non-hydrogen) atoms. The quantitative estimate of drug-likeness (QED) is 0.828. The fourth-order valence-corrected chi connectivity index (χ4v) is 2.47. The average molecular weight is 247 g/mol. The maximum absolute atomic E-state index is 12.4. The summed E-state index contributed by atoms with van der Waals surface area (Å²) in [6.07, 6.45) is 3.29. The van der Waals surface area contributed by atoms with Crippen molar-refractivity contribution in [3.63, 3.8) is 0 Å². The van der Waals surface area contributed by atoms with Crippen LogP contribution in [0.3, 0.4) is 0 Å². The Morgan fingerprint density at radius 3 is 2.89 bits per heavy atom. The van der Waals surface area contributed by atoms with E-state index in [1.54, 1.807) is 6.07 Å². The van der Waals surface area contributed by atoms with Gasteiger partial charge in [0.15, 0.2) is 0 Å². The van der Waals surface area contributed by atoms with Crippen molar-refractivity contribution in [3.8, 4) is 5.75 Å². The van der Waals surface area contributed by atoms with Crippen molar-refractivity contribution >= 4 is 5.91 Å². The molecule has 1 unspecified atom stereocenters. The number of para-hydroxylation sites is 1. The number of phenolic OH excluding ortho intramolecular Hbond substituents is 1. The van der Waals surface area contributed by atoms with Gasteiger partial charge in [-0.1, -0.05) is 19.1 Å². The van der Waals surface area contributed by atoms with Crippen molar-refractivity contribution < 1.29 is 9.90 Å². The fourth-order valence-electron chi connectivity index (χ4n) is 2.47. The van der Waals surface area contributed by atoms with Crippen LogP contribution in [-0.4, -0.2) is 29.0 Å². The van der Waals surface area contributed by atoms with Crippen molar-refractivity contribution in [1.29, 1.82) is 0 Å². The largest absolute Gasteiger partial charge is 0.507 e. The van der Waals surface area contributed by atoms with Crippen molar-refractivity contribution in [2.45, 2.75) is 33.1 Å². The van der Waals surface area contributed by atoms with E-state index < -0.39 is 0 Å². The summed E-state index contributed by atoms with van der Waals surface area (Å²) < 4.78 is 0. The Balaban J connectivity index is 2.18. The number of carbonyl (C=O) groups is 1. The molecule has 1 aliphatic rings. The van der Waals surface area contributed by atoms with Crippen LogP contribution in [-0.2, 0) is 0 Å². The van der Waals surface area contributed by atoms with Gasteiger partial charge in [-0.3, -0.25) is 4.79 Å². The highest BCUT2D eigenvalue weighted by molar-refractivity contribution is 5.97. The van der Waals surface area contributed by atoms with Crippen molar-refractivity contribution in [1.82, 2.24) is 4.90 Å². The molecular weight excluding hydrogens is 226 g/mol. The first-order valence-corrected chi connectivity index (χ1v) is 6.67. The number of nitrogens with zero attached hydrogens (tertiary/aromatic N) is 1. The lowest BCUT2D eigenvalue weighted by Crippen LogP contribution is -2.32. The molecule has 0 aliphatic carbocycles. The lowest BCUT2D eigenvalue weighted by molar-refractivity contribution is 0.0757. The Morgan fingerprint density at radius 1 is 1.33 bits per heavy atom. The van der Waals surface area contributed by atoms with Gasteiger partial charge in [-0.15, -0.1) is 0 Å². The summed E-state index contributed by atoms with van der Waals surface area (Å²) in [5.41, 5.74) is 1.19. The first-order chi connectivity index (χ1) is 8.59. The SMILES string of the molecule is Cc1cccc(C(=O)N2CCCC(C)CC2)c1O. The molecule has 1 N–H and O–H groups in total. The molecular formula is C15H21NO2. The summed E-state index contributed by atoms with van der Waals surface area (Å²) in [4.78, 5) is 14.3. The highest BCUT2D eigenvalue weighted by Gasteiger charge is 2.22. The summed E-state index contributed by atoms with van der Waals surface area (Å²) in [7, 11) is 0. The molecule has 0 bridgehead atoms. The van der Waals surface area contributed by atoms with E-state index in [4.69, 9.17) is 0 Å². The monoisotopic (exact) mass is 247 g/mol. The van der Waals surface area contributed by atoms with Crippen LogP contribution in [0, 0.1) is 12.8 Å². The highest BCUT2D eigenvalue weighted by atomic mass is 16.3. The third-order valence-electron chi connectivity index (χ3n) is 3.77. The van der Waals surface area contributed by atoms with Gasteiger partial charge in [-0.2, -0.15) is 0 Å². The van der Waals surface area contributed by atoms with Crippen LogP contribution in [0.2, 0.25) is 0 Å². The molecule has 1 saturated heterocycles. The number of phenols is 1. The van der Waals surface area contributed by atoms with Crippen LogP contribution in [0.1, 0.15) is 42.1 Å². The second-order valence-electron chi connectivity index (χ2n) is 5.30. The maximum Gasteiger partial charge on any atom is 0.257 e. The topological polar surface area (TPSA) is 40.5 Å². The van der Waals surface area contributed by atoms with Crippen LogP contribution in [0.25, 0.3) is 0 Å². The molecule has 1 aromatic rings. The molecule has 1 aliphatic heterocycles.